The number of aliphatic hydroxyl groups is 2. The minimum Gasteiger partial charge on any atom is -0.466 e. The van der Waals surface area contributed by atoms with Gasteiger partial charge in [-0.15, -0.1) is 0 Å². The van der Waals surface area contributed by atoms with Crippen molar-refractivity contribution < 1.29 is 24.5 Å². The molecule has 0 radical (unpaired) electrons. The molecule has 0 aromatic heterocycles. The number of aliphatic hydroxyl groups excluding tert-OH is 2. The van der Waals surface area contributed by atoms with Gasteiger partial charge in [-0.3, -0.25) is 9.59 Å². The standard InChI is InChI=1S/C51H95NO5/c1-3-5-7-9-11-13-15-24-27-31-35-39-43-49(54)48(47-53)52-50(55)44-40-36-32-28-25-21-19-17-16-18-20-22-26-30-34-38-42-46-57-51(56)45-41-37-33-29-23-14-12-10-8-6-4-2/h16,18,22,26,39,43,48-49,53-54H,3-15,17,19-21,23-25,27-38,40-42,44-47H2,1-2H3,(H,52,55)/b18-16-,26-22-,43-39+. The first-order chi connectivity index (χ1) is 28.0. The molecule has 0 aromatic carbocycles. The van der Waals surface area contributed by atoms with Crippen LogP contribution in [0.2, 0.25) is 0 Å². The Balaban J connectivity index is 3.54. The Morgan fingerprint density at radius 1 is 0.491 bits per heavy atom. The molecule has 0 fully saturated rings. The van der Waals surface area contributed by atoms with Crippen LogP contribution in [0.1, 0.15) is 251 Å². The maximum atomic E-state index is 12.4. The number of carbonyl (C=O) groups excluding carboxylic acids is 2. The summed E-state index contributed by atoms with van der Waals surface area (Å²) in [5.74, 6) is -0.103. The first-order valence-electron chi connectivity index (χ1n) is 24.8. The van der Waals surface area contributed by atoms with Gasteiger partial charge in [0.1, 0.15) is 0 Å². The zero-order valence-corrected chi connectivity index (χ0v) is 37.8. The molecule has 0 bridgehead atoms. The van der Waals surface area contributed by atoms with Gasteiger partial charge in [-0.05, 0) is 70.6 Å². The van der Waals surface area contributed by atoms with Crippen molar-refractivity contribution in [3.63, 3.8) is 0 Å². The minimum atomic E-state index is -0.853. The van der Waals surface area contributed by atoms with Crippen molar-refractivity contribution in [2.75, 3.05) is 13.2 Å². The lowest BCUT2D eigenvalue weighted by atomic mass is 10.1. The Kier molecular flexibility index (Phi) is 45.2. The molecule has 0 saturated heterocycles. The molecular formula is C51H95NO5. The molecule has 6 heteroatoms. The van der Waals surface area contributed by atoms with Gasteiger partial charge >= 0.3 is 5.97 Å². The molecule has 0 aliphatic rings. The van der Waals surface area contributed by atoms with Crippen molar-refractivity contribution in [3.8, 4) is 0 Å². The van der Waals surface area contributed by atoms with E-state index in [9.17, 15) is 19.8 Å². The fourth-order valence-electron chi connectivity index (χ4n) is 7.31. The minimum absolute atomic E-state index is 0.0176. The molecule has 1 amide bonds. The van der Waals surface area contributed by atoms with Crippen LogP contribution >= 0.6 is 0 Å². The maximum absolute atomic E-state index is 12.4. The molecule has 334 valence electrons. The topological polar surface area (TPSA) is 95.9 Å². The maximum Gasteiger partial charge on any atom is 0.305 e. The molecule has 0 rings (SSSR count). The van der Waals surface area contributed by atoms with Gasteiger partial charge in [0.2, 0.25) is 5.91 Å². The summed E-state index contributed by atoms with van der Waals surface area (Å²) < 4.78 is 5.42. The van der Waals surface area contributed by atoms with E-state index in [1.165, 1.54) is 141 Å². The number of nitrogens with one attached hydrogen (secondary N) is 1. The third-order valence-electron chi connectivity index (χ3n) is 11.2. The average molecular weight is 802 g/mol. The first-order valence-corrected chi connectivity index (χ1v) is 24.8. The normalized spacial score (nSPS) is 13.0. The summed E-state index contributed by atoms with van der Waals surface area (Å²) in [5, 5.41) is 23.0. The second kappa shape index (κ2) is 46.8. The number of rotatable bonds is 45. The molecule has 2 unspecified atom stereocenters. The van der Waals surface area contributed by atoms with Gasteiger partial charge in [-0.2, -0.15) is 0 Å². The van der Waals surface area contributed by atoms with E-state index in [0.29, 0.717) is 19.4 Å². The monoisotopic (exact) mass is 802 g/mol. The van der Waals surface area contributed by atoms with E-state index in [-0.39, 0.29) is 18.5 Å². The van der Waals surface area contributed by atoms with Gasteiger partial charge in [0.05, 0.1) is 25.4 Å². The molecule has 0 aliphatic heterocycles. The highest BCUT2D eigenvalue weighted by atomic mass is 16.5. The van der Waals surface area contributed by atoms with Crippen LogP contribution in [-0.4, -0.2) is 47.4 Å². The van der Waals surface area contributed by atoms with Gasteiger partial charge in [-0.25, -0.2) is 0 Å². The van der Waals surface area contributed by atoms with Crippen LogP contribution in [0.3, 0.4) is 0 Å². The second-order valence-corrected chi connectivity index (χ2v) is 16.8. The van der Waals surface area contributed by atoms with Gasteiger partial charge in [0, 0.05) is 12.8 Å². The number of hydrogen-bond donors (Lipinski definition) is 3. The summed E-state index contributed by atoms with van der Waals surface area (Å²) in [6.07, 6.45) is 55.7. The number of hydrogen-bond acceptors (Lipinski definition) is 5. The molecule has 0 aromatic rings. The summed E-state index contributed by atoms with van der Waals surface area (Å²) >= 11 is 0. The second-order valence-electron chi connectivity index (χ2n) is 16.8. The predicted molar refractivity (Wildman–Crippen MR) is 246 cm³/mol. The Hall–Kier alpha value is -1.92. The molecule has 3 N–H and O–H groups in total. The van der Waals surface area contributed by atoms with Crippen LogP contribution in [0.5, 0.6) is 0 Å². The van der Waals surface area contributed by atoms with E-state index in [4.69, 9.17) is 4.74 Å². The Morgan fingerprint density at radius 2 is 0.877 bits per heavy atom. The van der Waals surface area contributed by atoms with E-state index in [1.54, 1.807) is 6.08 Å². The molecule has 2 atom stereocenters. The predicted octanol–water partition coefficient (Wildman–Crippen LogP) is 14.5. The molecule has 0 heterocycles. The average Bonchev–Trinajstić information content (AvgIpc) is 3.21. The van der Waals surface area contributed by atoms with E-state index >= 15 is 0 Å². The molecule has 0 saturated carbocycles. The third kappa shape index (κ3) is 43.5. The van der Waals surface area contributed by atoms with Crippen LogP contribution in [0, 0.1) is 0 Å². The summed E-state index contributed by atoms with van der Waals surface area (Å²) in [4.78, 5) is 24.3. The highest BCUT2D eigenvalue weighted by Gasteiger charge is 2.18. The third-order valence-corrected chi connectivity index (χ3v) is 11.2. The molecule has 0 aliphatic carbocycles. The number of allylic oxidation sites excluding steroid dienone is 5. The summed E-state index contributed by atoms with van der Waals surface area (Å²) in [6, 6.07) is -0.638. The van der Waals surface area contributed by atoms with Gasteiger partial charge in [0.15, 0.2) is 0 Å². The highest BCUT2D eigenvalue weighted by molar-refractivity contribution is 5.76. The zero-order valence-electron chi connectivity index (χ0n) is 37.8. The fourth-order valence-corrected chi connectivity index (χ4v) is 7.31. The molecular weight excluding hydrogens is 707 g/mol. The molecule has 0 spiro atoms. The fraction of sp³-hybridized carbons (Fsp3) is 0.843. The van der Waals surface area contributed by atoms with Crippen molar-refractivity contribution in [3.05, 3.63) is 36.5 Å². The van der Waals surface area contributed by atoms with E-state index in [1.807, 2.05) is 6.08 Å². The summed E-state index contributed by atoms with van der Waals surface area (Å²) in [5.41, 5.74) is 0. The van der Waals surface area contributed by atoms with Crippen LogP contribution < -0.4 is 5.32 Å². The quantitative estimate of drug-likeness (QED) is 0.0324. The van der Waals surface area contributed by atoms with E-state index in [0.717, 1.165) is 83.5 Å². The summed E-state index contributed by atoms with van der Waals surface area (Å²) in [6.45, 7) is 4.83. The van der Waals surface area contributed by atoms with Crippen molar-refractivity contribution in [1.29, 1.82) is 0 Å². The van der Waals surface area contributed by atoms with Gasteiger partial charge in [0.25, 0.3) is 0 Å². The smallest absolute Gasteiger partial charge is 0.305 e. The number of unbranched alkanes of at least 4 members (excludes halogenated alkanes) is 30. The van der Waals surface area contributed by atoms with E-state index in [2.05, 4.69) is 43.5 Å². The van der Waals surface area contributed by atoms with E-state index < -0.39 is 12.1 Å². The largest absolute Gasteiger partial charge is 0.466 e. The lowest BCUT2D eigenvalue weighted by Crippen LogP contribution is -2.45. The Bertz CT molecular complexity index is 931. The van der Waals surface area contributed by atoms with Gasteiger partial charge in [-0.1, -0.05) is 204 Å². The zero-order chi connectivity index (χ0) is 41.5. The van der Waals surface area contributed by atoms with Crippen LogP contribution in [0.4, 0.5) is 0 Å². The lowest BCUT2D eigenvalue weighted by molar-refractivity contribution is -0.143. The first kappa shape index (κ1) is 55.1. The number of carbonyl (C=O) groups is 2. The summed E-state index contributed by atoms with van der Waals surface area (Å²) in [7, 11) is 0. The molecule has 6 nitrogen and oxygen atoms in total. The van der Waals surface area contributed by atoms with Crippen molar-refractivity contribution in [1.82, 2.24) is 5.32 Å². The number of esters is 1. The molecule has 57 heavy (non-hydrogen) atoms. The Morgan fingerprint density at radius 3 is 1.33 bits per heavy atom. The van der Waals surface area contributed by atoms with Crippen LogP contribution in [0.25, 0.3) is 0 Å². The van der Waals surface area contributed by atoms with Crippen molar-refractivity contribution in [2.45, 2.75) is 264 Å². The van der Waals surface area contributed by atoms with Gasteiger partial charge < -0.3 is 20.3 Å². The SMILES string of the molecule is CCCCCCCCCCCC/C=C/C(O)C(CO)NC(=O)CCCCCCCCC/C=C\C/C=C\CCCCCOC(=O)CCCCCCCCCCCCC. The van der Waals surface area contributed by atoms with Crippen LogP contribution in [0.15, 0.2) is 36.5 Å². The van der Waals surface area contributed by atoms with Crippen LogP contribution in [-0.2, 0) is 14.3 Å². The van der Waals surface area contributed by atoms with Crippen molar-refractivity contribution in [2.24, 2.45) is 0 Å². The van der Waals surface area contributed by atoms with Crippen molar-refractivity contribution >= 4 is 11.9 Å². The Labute approximate surface area is 353 Å². The highest BCUT2D eigenvalue weighted by Crippen LogP contribution is 2.14. The lowest BCUT2D eigenvalue weighted by Gasteiger charge is -2.20. The number of ether oxygens (including phenoxy) is 1. The number of amides is 1.